The number of nitrogens with zero attached hydrogens (tertiary/aromatic N) is 4. The van der Waals surface area contributed by atoms with Gasteiger partial charge in [0, 0.05) is 45.4 Å². The number of nitro benzene ring substituents is 2. The van der Waals surface area contributed by atoms with E-state index in [9.17, 15) is 25.3 Å². The molecule has 0 unspecified atom stereocenters. The molecule has 0 amide bonds. The fraction of sp³-hybridized carbons (Fsp3) is 0.647. The molecule has 1 aliphatic heterocycles. The number of non-ortho nitro benzene ring substituents is 1. The molecule has 1 aliphatic rings. The lowest BCUT2D eigenvalue weighted by atomic mass is 10.2. The van der Waals surface area contributed by atoms with Crippen molar-refractivity contribution in [2.24, 2.45) is 0 Å². The lowest BCUT2D eigenvalue weighted by molar-refractivity contribution is -0.393. The fourth-order valence-corrected chi connectivity index (χ4v) is 3.03. The maximum absolute atomic E-state index is 11.3. The van der Waals surface area contributed by atoms with Crippen molar-refractivity contribution in [2.75, 3.05) is 50.8 Å². The van der Waals surface area contributed by atoms with Crippen LogP contribution >= 0.6 is 0 Å². The summed E-state index contributed by atoms with van der Waals surface area (Å²) in [5, 5.41) is 32.2. The molecular formula is C17H26N4O6. The fourth-order valence-electron chi connectivity index (χ4n) is 3.03. The predicted molar refractivity (Wildman–Crippen MR) is 100 cm³/mol. The van der Waals surface area contributed by atoms with Crippen LogP contribution in [0.5, 0.6) is 0 Å². The Balaban J connectivity index is 1.90. The highest BCUT2D eigenvalue weighted by Gasteiger charge is 2.26. The Labute approximate surface area is 157 Å². The maximum atomic E-state index is 11.3. The second-order valence-corrected chi connectivity index (χ2v) is 6.56. The van der Waals surface area contributed by atoms with Gasteiger partial charge in [-0.1, -0.05) is 13.3 Å². The molecule has 27 heavy (non-hydrogen) atoms. The average Bonchev–Trinajstić information content (AvgIpc) is 2.65. The smallest absolute Gasteiger partial charge is 0.299 e. The van der Waals surface area contributed by atoms with Gasteiger partial charge in [0.15, 0.2) is 0 Å². The Hall–Kier alpha value is -2.30. The number of anilines is 1. The Bertz CT molecular complexity index is 648. The van der Waals surface area contributed by atoms with Gasteiger partial charge >= 0.3 is 0 Å². The molecule has 0 aliphatic carbocycles. The minimum atomic E-state index is -0.640. The van der Waals surface area contributed by atoms with Crippen molar-refractivity contribution in [1.29, 1.82) is 0 Å². The van der Waals surface area contributed by atoms with Gasteiger partial charge < -0.3 is 14.7 Å². The SMILES string of the molecule is CCCCOC[C@H](O)CN1CCN(c2ccc([N+](=O)[O-])cc2[N+](=O)[O-])CC1. The van der Waals surface area contributed by atoms with Crippen LogP contribution in [0.15, 0.2) is 18.2 Å². The second kappa shape index (κ2) is 10.1. The number of nitro groups is 2. The molecular weight excluding hydrogens is 356 g/mol. The van der Waals surface area contributed by atoms with E-state index in [0.29, 0.717) is 51.6 Å². The maximum Gasteiger partial charge on any atom is 0.299 e. The molecule has 150 valence electrons. The minimum Gasteiger partial charge on any atom is -0.389 e. The molecule has 1 atom stereocenters. The number of hydrogen-bond donors (Lipinski definition) is 1. The second-order valence-electron chi connectivity index (χ2n) is 6.56. The number of hydrogen-bond acceptors (Lipinski definition) is 8. The third-order valence-corrected chi connectivity index (χ3v) is 4.50. The lowest BCUT2D eigenvalue weighted by Gasteiger charge is -2.36. The zero-order valence-electron chi connectivity index (χ0n) is 15.5. The number of unbranched alkanes of at least 4 members (excludes halogenated alkanes) is 1. The Morgan fingerprint density at radius 3 is 2.48 bits per heavy atom. The molecule has 1 saturated heterocycles. The van der Waals surface area contributed by atoms with Crippen molar-refractivity contribution in [2.45, 2.75) is 25.9 Å². The van der Waals surface area contributed by atoms with Gasteiger partial charge in [-0.05, 0) is 12.5 Å². The number of β-amino-alcohol motifs (C(OH)–C–C–N with tert-alkyl or cyclic N) is 1. The zero-order chi connectivity index (χ0) is 19.8. The minimum absolute atomic E-state index is 0.262. The number of aliphatic hydroxyl groups is 1. The highest BCUT2D eigenvalue weighted by atomic mass is 16.6. The first-order valence-corrected chi connectivity index (χ1v) is 9.08. The average molecular weight is 382 g/mol. The van der Waals surface area contributed by atoms with E-state index in [1.807, 2.05) is 4.90 Å². The summed E-state index contributed by atoms with van der Waals surface area (Å²) in [5.74, 6) is 0. The topological polar surface area (TPSA) is 122 Å². The van der Waals surface area contributed by atoms with Gasteiger partial charge in [0.05, 0.1) is 28.6 Å². The van der Waals surface area contributed by atoms with Gasteiger partial charge in [-0.25, -0.2) is 0 Å². The van der Waals surface area contributed by atoms with E-state index in [2.05, 4.69) is 11.8 Å². The summed E-state index contributed by atoms with van der Waals surface area (Å²) < 4.78 is 5.42. The molecule has 2 rings (SSSR count). The lowest BCUT2D eigenvalue weighted by Crippen LogP contribution is -2.49. The molecule has 0 spiro atoms. The molecule has 1 aromatic carbocycles. The summed E-state index contributed by atoms with van der Waals surface area (Å²) in [6.45, 7) is 5.88. The van der Waals surface area contributed by atoms with E-state index in [0.717, 1.165) is 18.9 Å². The van der Waals surface area contributed by atoms with Gasteiger partial charge in [0.2, 0.25) is 0 Å². The molecule has 0 bridgehead atoms. The Kier molecular flexibility index (Phi) is 7.89. The molecule has 10 nitrogen and oxygen atoms in total. The normalized spacial score (nSPS) is 16.3. The summed E-state index contributed by atoms with van der Waals surface area (Å²) in [6.07, 6.45) is 1.45. The molecule has 1 fully saturated rings. The largest absolute Gasteiger partial charge is 0.389 e. The van der Waals surface area contributed by atoms with Crippen molar-refractivity contribution in [3.8, 4) is 0 Å². The third-order valence-electron chi connectivity index (χ3n) is 4.50. The first kappa shape index (κ1) is 21.0. The first-order chi connectivity index (χ1) is 12.9. The van der Waals surface area contributed by atoms with Crippen LogP contribution in [0.1, 0.15) is 19.8 Å². The summed E-state index contributed by atoms with van der Waals surface area (Å²) >= 11 is 0. The van der Waals surface area contributed by atoms with E-state index in [1.165, 1.54) is 12.1 Å². The van der Waals surface area contributed by atoms with E-state index in [-0.39, 0.29) is 11.4 Å². The predicted octanol–water partition coefficient (Wildman–Crippen LogP) is 1.80. The van der Waals surface area contributed by atoms with E-state index in [1.54, 1.807) is 0 Å². The summed E-state index contributed by atoms with van der Waals surface area (Å²) in [4.78, 5) is 24.8. The zero-order valence-corrected chi connectivity index (χ0v) is 15.5. The van der Waals surface area contributed by atoms with Crippen molar-refractivity contribution in [1.82, 2.24) is 4.90 Å². The van der Waals surface area contributed by atoms with Gasteiger partial charge in [0.25, 0.3) is 11.4 Å². The van der Waals surface area contributed by atoms with Crippen molar-refractivity contribution in [3.05, 3.63) is 38.4 Å². The van der Waals surface area contributed by atoms with Crippen LogP contribution in [0.4, 0.5) is 17.1 Å². The Morgan fingerprint density at radius 2 is 1.89 bits per heavy atom. The van der Waals surface area contributed by atoms with Crippen molar-refractivity contribution >= 4 is 17.1 Å². The van der Waals surface area contributed by atoms with Crippen LogP contribution in [0, 0.1) is 20.2 Å². The molecule has 0 saturated carbocycles. The molecule has 1 heterocycles. The monoisotopic (exact) mass is 382 g/mol. The number of ether oxygens (including phenoxy) is 1. The van der Waals surface area contributed by atoms with Crippen LogP contribution in [-0.2, 0) is 4.74 Å². The number of benzene rings is 1. The summed E-state index contributed by atoms with van der Waals surface area (Å²) in [6, 6.07) is 3.72. The van der Waals surface area contributed by atoms with Gasteiger partial charge in [0.1, 0.15) is 5.69 Å². The van der Waals surface area contributed by atoms with Crippen molar-refractivity contribution < 1.29 is 19.7 Å². The van der Waals surface area contributed by atoms with Gasteiger partial charge in [-0.15, -0.1) is 0 Å². The van der Waals surface area contributed by atoms with Crippen LogP contribution < -0.4 is 4.90 Å². The molecule has 0 aromatic heterocycles. The molecule has 0 radical (unpaired) electrons. The Morgan fingerprint density at radius 1 is 1.19 bits per heavy atom. The third kappa shape index (κ3) is 6.12. The first-order valence-electron chi connectivity index (χ1n) is 9.08. The number of aliphatic hydroxyl groups excluding tert-OH is 1. The molecule has 1 N–H and O–H groups in total. The van der Waals surface area contributed by atoms with Crippen LogP contribution in [0.2, 0.25) is 0 Å². The van der Waals surface area contributed by atoms with E-state index < -0.39 is 16.0 Å². The summed E-state index contributed by atoms with van der Waals surface area (Å²) in [7, 11) is 0. The molecule has 10 heteroatoms. The number of rotatable bonds is 10. The standard InChI is InChI=1S/C17H26N4O6/c1-2-3-10-27-13-15(22)12-18-6-8-19(9-7-18)16-5-4-14(20(23)24)11-17(16)21(25)26/h4-5,11,15,22H,2-3,6-10,12-13H2,1H3/t15-/m1/s1. The van der Waals surface area contributed by atoms with E-state index in [4.69, 9.17) is 4.74 Å². The highest BCUT2D eigenvalue weighted by Crippen LogP contribution is 2.32. The highest BCUT2D eigenvalue weighted by molar-refractivity contribution is 5.67. The molecule has 1 aromatic rings. The number of piperazine rings is 1. The van der Waals surface area contributed by atoms with Crippen molar-refractivity contribution in [3.63, 3.8) is 0 Å². The van der Waals surface area contributed by atoms with E-state index >= 15 is 0 Å². The van der Waals surface area contributed by atoms with Gasteiger partial charge in [-0.3, -0.25) is 25.1 Å². The summed E-state index contributed by atoms with van der Waals surface area (Å²) in [5.41, 5.74) is -0.175. The van der Waals surface area contributed by atoms with Gasteiger partial charge in [-0.2, -0.15) is 0 Å². The van der Waals surface area contributed by atoms with Crippen LogP contribution in [0.3, 0.4) is 0 Å². The van der Waals surface area contributed by atoms with Crippen LogP contribution in [0.25, 0.3) is 0 Å². The van der Waals surface area contributed by atoms with Crippen LogP contribution in [-0.4, -0.2) is 71.9 Å². The quantitative estimate of drug-likeness (QED) is 0.369.